The van der Waals surface area contributed by atoms with E-state index in [4.69, 9.17) is 16.3 Å². The van der Waals surface area contributed by atoms with Crippen molar-refractivity contribution in [2.24, 2.45) is 0 Å². The number of hydrogen-bond donors (Lipinski definition) is 1. The number of Topliss-reactive ketones (excluding diaryl/α,β-unsaturated/α-hetero) is 1. The molecule has 0 spiro atoms. The summed E-state index contributed by atoms with van der Waals surface area (Å²) in [6.45, 7) is 5.39. The number of fused-ring (bicyclic) bond motifs is 1. The molecule has 0 amide bonds. The smallest absolute Gasteiger partial charge is 0.355 e. The molecule has 0 aliphatic heterocycles. The number of aromatic amines is 1. The lowest BCUT2D eigenvalue weighted by Crippen LogP contribution is -2.18. The zero-order chi connectivity index (χ0) is 17.4. The summed E-state index contributed by atoms with van der Waals surface area (Å²) >= 11 is 6.28. The van der Waals surface area contributed by atoms with E-state index in [-0.39, 0.29) is 17.8 Å². The lowest BCUT2D eigenvalue weighted by atomic mass is 9.81. The van der Waals surface area contributed by atoms with Gasteiger partial charge in [-0.05, 0) is 50.3 Å². The molecule has 2 aromatic rings. The normalized spacial score (nSPS) is 17.0. The van der Waals surface area contributed by atoms with Crippen LogP contribution in [0.4, 0.5) is 0 Å². The second-order valence-corrected chi connectivity index (χ2v) is 6.89. The summed E-state index contributed by atoms with van der Waals surface area (Å²) in [4.78, 5) is 28.0. The van der Waals surface area contributed by atoms with E-state index in [0.717, 1.165) is 11.3 Å². The van der Waals surface area contributed by atoms with Crippen LogP contribution in [0.25, 0.3) is 0 Å². The fourth-order valence-electron chi connectivity index (χ4n) is 3.34. The first kappa shape index (κ1) is 16.8. The Kier molecular flexibility index (Phi) is 4.50. The van der Waals surface area contributed by atoms with Crippen molar-refractivity contribution < 1.29 is 14.3 Å². The lowest BCUT2D eigenvalue weighted by Gasteiger charge is -2.22. The van der Waals surface area contributed by atoms with Crippen LogP contribution in [0.5, 0.6) is 0 Å². The average Bonchev–Trinajstić information content (AvgIpc) is 2.84. The number of ketones is 1. The number of H-pyrrole nitrogens is 1. The summed E-state index contributed by atoms with van der Waals surface area (Å²) in [5.74, 6) is -0.358. The molecule has 4 nitrogen and oxygen atoms in total. The third-order valence-corrected chi connectivity index (χ3v) is 4.72. The predicted octanol–water partition coefficient (Wildman–Crippen LogP) is 4.45. The molecule has 3 rings (SSSR count). The van der Waals surface area contributed by atoms with Gasteiger partial charge in [-0.2, -0.15) is 0 Å². The minimum absolute atomic E-state index is 0.0192. The van der Waals surface area contributed by atoms with Gasteiger partial charge in [-0.25, -0.2) is 4.79 Å². The van der Waals surface area contributed by atoms with E-state index >= 15 is 0 Å². The first-order chi connectivity index (χ1) is 11.4. The summed E-state index contributed by atoms with van der Waals surface area (Å²) in [7, 11) is 0. The first-order valence-corrected chi connectivity index (χ1v) is 8.46. The van der Waals surface area contributed by atoms with E-state index < -0.39 is 5.97 Å². The molecule has 1 aliphatic carbocycles. The maximum absolute atomic E-state index is 12.6. The molecule has 0 fully saturated rings. The summed E-state index contributed by atoms with van der Waals surface area (Å²) in [5, 5.41) is 0.668. The predicted molar refractivity (Wildman–Crippen MR) is 92.9 cm³/mol. The molecule has 1 aromatic carbocycles. The van der Waals surface area contributed by atoms with E-state index in [2.05, 4.69) is 4.98 Å². The molecule has 1 heterocycles. The highest BCUT2D eigenvalue weighted by molar-refractivity contribution is 6.31. The molecule has 1 atom stereocenters. The highest BCUT2D eigenvalue weighted by atomic mass is 35.5. The molecule has 126 valence electrons. The van der Waals surface area contributed by atoms with Gasteiger partial charge >= 0.3 is 5.97 Å². The Morgan fingerprint density at radius 3 is 2.67 bits per heavy atom. The van der Waals surface area contributed by atoms with Crippen LogP contribution >= 0.6 is 11.6 Å². The number of carbonyl (C=O) groups is 2. The Morgan fingerprint density at radius 2 is 2.00 bits per heavy atom. The van der Waals surface area contributed by atoms with Crippen LogP contribution in [-0.2, 0) is 11.2 Å². The van der Waals surface area contributed by atoms with Crippen LogP contribution in [0.2, 0.25) is 5.02 Å². The summed E-state index contributed by atoms with van der Waals surface area (Å²) < 4.78 is 5.26. The molecule has 0 radical (unpaired) electrons. The SMILES string of the molecule is Cc1c(C(=O)OC(C)C)[nH]c2c1C(=O)C[C@H](c1ccccc1Cl)C2. The minimum atomic E-state index is -0.418. The fourth-order valence-corrected chi connectivity index (χ4v) is 3.63. The van der Waals surface area contributed by atoms with Crippen LogP contribution in [-0.4, -0.2) is 22.8 Å². The molecule has 0 unspecified atom stereocenters. The second-order valence-electron chi connectivity index (χ2n) is 6.48. The van der Waals surface area contributed by atoms with E-state index in [1.807, 2.05) is 24.3 Å². The van der Waals surface area contributed by atoms with Crippen LogP contribution in [0, 0.1) is 6.92 Å². The molecule has 24 heavy (non-hydrogen) atoms. The van der Waals surface area contributed by atoms with Crippen molar-refractivity contribution in [1.29, 1.82) is 0 Å². The Morgan fingerprint density at radius 1 is 1.29 bits per heavy atom. The van der Waals surface area contributed by atoms with Gasteiger partial charge in [-0.15, -0.1) is 0 Å². The van der Waals surface area contributed by atoms with E-state index in [1.54, 1.807) is 20.8 Å². The number of aromatic nitrogens is 1. The molecule has 0 saturated heterocycles. The number of benzene rings is 1. The van der Waals surface area contributed by atoms with Gasteiger partial charge in [0.2, 0.25) is 0 Å². The average molecular weight is 346 g/mol. The van der Waals surface area contributed by atoms with Gasteiger partial charge in [0.1, 0.15) is 5.69 Å². The third-order valence-electron chi connectivity index (χ3n) is 4.38. The largest absolute Gasteiger partial charge is 0.458 e. The molecule has 0 bridgehead atoms. The van der Waals surface area contributed by atoms with Gasteiger partial charge in [-0.3, -0.25) is 4.79 Å². The summed E-state index contributed by atoms with van der Waals surface area (Å²) in [6, 6.07) is 7.59. The number of hydrogen-bond acceptors (Lipinski definition) is 3. The first-order valence-electron chi connectivity index (χ1n) is 8.08. The van der Waals surface area contributed by atoms with Crippen molar-refractivity contribution in [3.8, 4) is 0 Å². The lowest BCUT2D eigenvalue weighted by molar-refractivity contribution is 0.0370. The van der Waals surface area contributed by atoms with Crippen LogP contribution in [0.3, 0.4) is 0 Å². The molecule has 1 aromatic heterocycles. The van der Waals surface area contributed by atoms with E-state index in [0.29, 0.717) is 34.7 Å². The number of carbonyl (C=O) groups excluding carboxylic acids is 2. The van der Waals surface area contributed by atoms with Crippen molar-refractivity contribution in [3.05, 3.63) is 57.4 Å². The van der Waals surface area contributed by atoms with E-state index in [9.17, 15) is 9.59 Å². The Hall–Kier alpha value is -2.07. The Balaban J connectivity index is 1.96. The topological polar surface area (TPSA) is 59.2 Å². The van der Waals surface area contributed by atoms with Crippen LogP contribution < -0.4 is 0 Å². The van der Waals surface area contributed by atoms with Gasteiger partial charge < -0.3 is 9.72 Å². The molecule has 0 saturated carbocycles. The van der Waals surface area contributed by atoms with Gasteiger partial charge in [0.15, 0.2) is 5.78 Å². The quantitative estimate of drug-likeness (QED) is 0.836. The number of halogens is 1. The summed E-state index contributed by atoms with van der Waals surface area (Å²) in [6.07, 6.45) is 0.845. The molecule has 5 heteroatoms. The minimum Gasteiger partial charge on any atom is -0.458 e. The fraction of sp³-hybridized carbons (Fsp3) is 0.368. The maximum atomic E-state index is 12.6. The number of ether oxygens (including phenoxy) is 1. The van der Waals surface area contributed by atoms with Gasteiger partial charge in [-0.1, -0.05) is 29.8 Å². The maximum Gasteiger partial charge on any atom is 0.355 e. The zero-order valence-corrected chi connectivity index (χ0v) is 14.7. The number of esters is 1. The van der Waals surface area contributed by atoms with Crippen molar-refractivity contribution >= 4 is 23.4 Å². The molecule has 1 aliphatic rings. The monoisotopic (exact) mass is 345 g/mol. The molecule has 1 N–H and O–H groups in total. The van der Waals surface area contributed by atoms with Crippen LogP contribution in [0.15, 0.2) is 24.3 Å². The highest BCUT2D eigenvalue weighted by Crippen LogP contribution is 2.37. The van der Waals surface area contributed by atoms with Crippen molar-refractivity contribution in [2.45, 2.75) is 45.6 Å². The van der Waals surface area contributed by atoms with Crippen molar-refractivity contribution in [1.82, 2.24) is 4.98 Å². The van der Waals surface area contributed by atoms with E-state index in [1.165, 1.54) is 0 Å². The number of nitrogens with one attached hydrogen (secondary N) is 1. The van der Waals surface area contributed by atoms with Crippen molar-refractivity contribution in [3.63, 3.8) is 0 Å². The highest BCUT2D eigenvalue weighted by Gasteiger charge is 2.33. The number of rotatable bonds is 3. The third kappa shape index (κ3) is 2.98. The zero-order valence-electron chi connectivity index (χ0n) is 14.0. The Bertz CT molecular complexity index is 807. The van der Waals surface area contributed by atoms with Gasteiger partial charge in [0.05, 0.1) is 6.10 Å². The second kappa shape index (κ2) is 6.44. The Labute approximate surface area is 146 Å². The van der Waals surface area contributed by atoms with Crippen LogP contribution in [0.1, 0.15) is 63.9 Å². The summed E-state index contributed by atoms with van der Waals surface area (Å²) in [5.41, 5.74) is 3.45. The van der Waals surface area contributed by atoms with Crippen molar-refractivity contribution in [2.75, 3.05) is 0 Å². The molecular formula is C19H20ClNO3. The molecular weight excluding hydrogens is 326 g/mol. The van der Waals surface area contributed by atoms with Gasteiger partial charge in [0.25, 0.3) is 0 Å². The van der Waals surface area contributed by atoms with Gasteiger partial charge in [0, 0.05) is 22.7 Å². The standard InChI is InChI=1S/C19H20ClNO3/c1-10(2)24-19(23)18-11(3)17-15(21-18)8-12(9-16(17)22)13-6-4-5-7-14(13)20/h4-7,10,12,21H,8-9H2,1-3H3/t12-/m1/s1.